The first kappa shape index (κ1) is 20.5. The highest BCUT2D eigenvalue weighted by Gasteiger charge is 2.35. The van der Waals surface area contributed by atoms with E-state index in [2.05, 4.69) is 4.98 Å². The number of rotatable bonds is 4. The zero-order valence-electron chi connectivity index (χ0n) is 23.2. The highest BCUT2D eigenvalue weighted by molar-refractivity contribution is 7.70. The lowest BCUT2D eigenvalue weighted by atomic mass is 10.1. The van der Waals surface area contributed by atoms with Crippen LogP contribution in [-0.2, 0) is 4.57 Å². The number of pyridine rings is 1. The van der Waals surface area contributed by atoms with Gasteiger partial charge in [-0.15, -0.1) is 0 Å². The van der Waals surface area contributed by atoms with E-state index >= 15 is 4.39 Å². The number of fused-ring (bicyclic) bond motifs is 8. The van der Waals surface area contributed by atoms with Crippen molar-refractivity contribution in [2.45, 2.75) is 26.0 Å². The predicted octanol–water partition coefficient (Wildman–Crippen LogP) is 4.18. The third-order valence-corrected chi connectivity index (χ3v) is 8.38. The maximum absolute atomic E-state index is 15.1. The highest BCUT2D eigenvalue weighted by Crippen LogP contribution is 2.41. The second-order valence-corrected chi connectivity index (χ2v) is 12.7. The number of benzene rings is 2. The van der Waals surface area contributed by atoms with Gasteiger partial charge < -0.3 is 14.2 Å². The van der Waals surface area contributed by atoms with Gasteiger partial charge in [0.1, 0.15) is 24.5 Å². The van der Waals surface area contributed by atoms with Crippen LogP contribution in [0.3, 0.4) is 0 Å². The van der Waals surface area contributed by atoms with Crippen LogP contribution in [0.1, 0.15) is 28.1 Å². The second-order valence-electron chi connectivity index (χ2n) is 9.58. The van der Waals surface area contributed by atoms with Crippen LogP contribution >= 0.6 is 7.14 Å². The normalized spacial score (nSPS) is 18.1. The fourth-order valence-corrected chi connectivity index (χ4v) is 6.79. The molecule has 0 saturated carbocycles. The molecule has 2 aliphatic heterocycles. The Morgan fingerprint density at radius 3 is 2.70 bits per heavy atom. The smallest absolute Gasteiger partial charge is 0.387 e. The summed E-state index contributed by atoms with van der Waals surface area (Å²) in [5.74, 6) is -0.243. The molecule has 0 fully saturated rings. The molecule has 4 heterocycles. The van der Waals surface area contributed by atoms with Crippen molar-refractivity contribution in [3.8, 4) is 17.0 Å². The molecule has 0 aliphatic carbocycles. The number of alkyl halides is 2. The highest BCUT2D eigenvalue weighted by atomic mass is 31.2. The first-order chi connectivity index (χ1) is 18.7. The van der Waals surface area contributed by atoms with Crippen molar-refractivity contribution in [1.29, 1.82) is 0 Å². The van der Waals surface area contributed by atoms with Crippen molar-refractivity contribution >= 4 is 35.4 Å². The van der Waals surface area contributed by atoms with Gasteiger partial charge in [-0.25, -0.2) is 9.37 Å². The monoisotopic (exact) mass is 527 g/mol. The third-order valence-electron chi connectivity index (χ3n) is 6.77. The van der Waals surface area contributed by atoms with Gasteiger partial charge in [0, 0.05) is 51.5 Å². The van der Waals surface area contributed by atoms with E-state index in [-0.39, 0.29) is 17.5 Å². The number of hydrogen-bond acceptors (Lipinski definition) is 5. The number of ether oxygens (including phenoxy) is 1. The lowest BCUT2D eigenvalue weighted by Crippen LogP contribution is -2.32. The molecule has 2 aromatic carbocycles. The van der Waals surface area contributed by atoms with Crippen LogP contribution in [0.5, 0.6) is 5.75 Å². The molecular weight excluding hydrogens is 500 g/mol. The van der Waals surface area contributed by atoms with Gasteiger partial charge in [-0.3, -0.25) is 9.55 Å². The van der Waals surface area contributed by atoms with Crippen molar-refractivity contribution in [2.75, 3.05) is 20.3 Å². The lowest BCUT2D eigenvalue weighted by molar-refractivity contribution is -0.0505. The van der Waals surface area contributed by atoms with E-state index in [1.807, 2.05) is 0 Å². The third kappa shape index (κ3) is 3.75. The zero-order valence-corrected chi connectivity index (χ0v) is 21.1. The number of aromatic nitrogens is 3. The summed E-state index contributed by atoms with van der Waals surface area (Å²) in [6.07, 6.45) is 1.64. The Hall–Kier alpha value is -3.58. The Balaban J connectivity index is 1.64. The van der Waals surface area contributed by atoms with Gasteiger partial charge in [-0.1, -0.05) is 18.2 Å². The maximum atomic E-state index is 15.1. The Morgan fingerprint density at radius 2 is 2.00 bits per heavy atom. The molecule has 2 aliphatic rings. The van der Waals surface area contributed by atoms with Crippen molar-refractivity contribution in [2.24, 2.45) is 0 Å². The summed E-state index contributed by atoms with van der Waals surface area (Å²) in [7, 11) is -2.90. The van der Waals surface area contributed by atoms with E-state index in [1.165, 1.54) is 42.6 Å². The number of hydrogen-bond donors (Lipinski definition) is 0. The molecular formula is C27H24F3N4O2P. The Morgan fingerprint density at radius 1 is 1.19 bits per heavy atom. The average molecular weight is 528 g/mol. The molecule has 0 unspecified atom stereocenters. The summed E-state index contributed by atoms with van der Waals surface area (Å²) in [6.45, 7) is -1.02. The molecule has 2 aromatic heterocycles. The number of aryl methyl sites for hydroxylation is 1. The summed E-state index contributed by atoms with van der Waals surface area (Å²) in [5.41, 5.74) is 2.90. The Labute approximate surface area is 215 Å². The molecule has 6 nitrogen and oxygen atoms in total. The number of nitrogens with zero attached hydrogens (tertiary/aromatic N) is 4. The van der Waals surface area contributed by atoms with Gasteiger partial charge in [0.15, 0.2) is 0 Å². The molecule has 6 rings (SSSR count). The maximum Gasteiger partial charge on any atom is 0.387 e. The molecule has 37 heavy (non-hydrogen) atoms. The largest absolute Gasteiger partial charge is 0.434 e. The van der Waals surface area contributed by atoms with Crippen LogP contribution in [-0.4, -0.2) is 46.4 Å². The van der Waals surface area contributed by atoms with E-state index < -0.39 is 32.6 Å². The van der Waals surface area contributed by atoms with E-state index in [0.29, 0.717) is 49.9 Å². The van der Waals surface area contributed by atoms with Crippen molar-refractivity contribution in [3.05, 3.63) is 70.2 Å². The fraction of sp³-hybridized carbons (Fsp3) is 0.259. The minimum atomic E-state index is -3.08. The summed E-state index contributed by atoms with van der Waals surface area (Å²) in [5, 5.41) is 0.885. The van der Waals surface area contributed by atoms with E-state index in [9.17, 15) is 13.3 Å². The van der Waals surface area contributed by atoms with Crippen molar-refractivity contribution in [3.63, 3.8) is 0 Å². The first-order valence-corrected chi connectivity index (χ1v) is 14.2. The fourth-order valence-electron chi connectivity index (χ4n) is 5.38. The van der Waals surface area contributed by atoms with E-state index in [1.54, 1.807) is 35.8 Å². The zero-order chi connectivity index (χ0) is 28.7. The number of halogens is 3. The van der Waals surface area contributed by atoms with Crippen LogP contribution in [0, 0.1) is 12.7 Å². The van der Waals surface area contributed by atoms with Gasteiger partial charge in [0.2, 0.25) is 0 Å². The summed E-state index contributed by atoms with van der Waals surface area (Å²) >= 11 is 0. The number of imidazole rings is 1. The van der Waals surface area contributed by atoms with Crippen LogP contribution < -0.4 is 20.5 Å². The molecule has 2 bridgehead atoms. The van der Waals surface area contributed by atoms with Crippen LogP contribution in [0.4, 0.5) is 13.2 Å². The Kier molecular flexibility index (Phi) is 4.55. The Bertz CT molecular complexity index is 1860. The van der Waals surface area contributed by atoms with Crippen LogP contribution in [0.2, 0.25) is 0 Å². The van der Waals surface area contributed by atoms with Gasteiger partial charge >= 0.3 is 6.61 Å². The first-order valence-electron chi connectivity index (χ1n) is 13.1. The van der Waals surface area contributed by atoms with Gasteiger partial charge in [-0.05, 0) is 38.5 Å². The molecule has 190 valence electrons. The molecule has 0 radical (unpaired) electrons. The van der Waals surface area contributed by atoms with Gasteiger partial charge in [0.25, 0.3) is 0 Å². The van der Waals surface area contributed by atoms with E-state index in [0.717, 1.165) is 0 Å². The topological polar surface area (TPSA) is 60.2 Å². The van der Waals surface area contributed by atoms with Crippen molar-refractivity contribution in [1.82, 2.24) is 19.4 Å². The molecule has 0 N–H and O–H groups in total. The van der Waals surface area contributed by atoms with E-state index in [4.69, 9.17) is 13.8 Å². The summed E-state index contributed by atoms with van der Waals surface area (Å²) < 4.78 is 85.6. The SMILES string of the molecule is [2H]C([2H])([2H])N1C=c2cccc(OC(F)F)c2=C2C[C@@H]1c1nc3ccc(-c4cc(F)c(P(C)(C)=O)c(C)n4)cc3n12. The summed E-state index contributed by atoms with van der Waals surface area (Å²) in [4.78, 5) is 10.5. The van der Waals surface area contributed by atoms with Crippen LogP contribution in [0.15, 0.2) is 42.5 Å². The lowest BCUT2D eigenvalue weighted by Gasteiger charge is -2.20. The molecule has 1 atom stereocenters. The van der Waals surface area contributed by atoms with Gasteiger partial charge in [0.05, 0.1) is 33.8 Å². The quantitative estimate of drug-likeness (QED) is 0.373. The van der Waals surface area contributed by atoms with Gasteiger partial charge in [-0.2, -0.15) is 8.78 Å². The predicted molar refractivity (Wildman–Crippen MR) is 137 cm³/mol. The molecule has 10 heteroatoms. The van der Waals surface area contributed by atoms with Crippen LogP contribution in [0.25, 0.3) is 34.2 Å². The molecule has 4 aromatic rings. The second kappa shape index (κ2) is 8.21. The average Bonchev–Trinajstić information content (AvgIpc) is 3.30. The standard InChI is InChI=1S/C27H24F3N4O2P/c1-14-25(37(3,4)35)17(28)11-19(31-14)15-8-9-18-20(10-15)34-21-12-22(26(34)32-18)33(2)13-16-6-5-7-23(24(16)21)36-27(29)30/h5-11,13,22,27H,12H2,1-4H3/t22-/m1/s1/i2D3. The summed E-state index contributed by atoms with van der Waals surface area (Å²) in [6, 6.07) is 10.4. The molecule has 0 spiro atoms. The minimum absolute atomic E-state index is 0.0748. The van der Waals surface area contributed by atoms with Crippen molar-refractivity contribution < 1.29 is 26.6 Å². The molecule has 0 saturated heterocycles. The molecule has 0 amide bonds. The minimum Gasteiger partial charge on any atom is -0.434 e.